The number of hydrogen-bond donors (Lipinski definition) is 1. The molecule has 0 bridgehead atoms. The van der Waals surface area contributed by atoms with Gasteiger partial charge in [-0.2, -0.15) is 0 Å². The van der Waals surface area contributed by atoms with E-state index in [9.17, 15) is 4.79 Å². The van der Waals surface area contributed by atoms with Gasteiger partial charge >= 0.3 is 0 Å². The van der Waals surface area contributed by atoms with Gasteiger partial charge in [-0.1, -0.05) is 18.6 Å². The molecule has 1 N–H and O–H groups in total. The van der Waals surface area contributed by atoms with E-state index >= 15 is 0 Å². The van der Waals surface area contributed by atoms with Crippen LogP contribution >= 0.6 is 0 Å². The molecule has 114 valence electrons. The highest BCUT2D eigenvalue weighted by Gasteiger charge is 2.32. The van der Waals surface area contributed by atoms with Gasteiger partial charge in [-0.15, -0.1) is 0 Å². The summed E-state index contributed by atoms with van der Waals surface area (Å²) in [7, 11) is 0. The maximum atomic E-state index is 11.9. The van der Waals surface area contributed by atoms with Gasteiger partial charge in [-0.05, 0) is 38.5 Å². The van der Waals surface area contributed by atoms with Gasteiger partial charge in [0.1, 0.15) is 0 Å². The lowest BCUT2D eigenvalue weighted by molar-refractivity contribution is -0.154. The Morgan fingerprint density at radius 3 is 2.80 bits per heavy atom. The monoisotopic (exact) mass is 281 g/mol. The van der Waals surface area contributed by atoms with E-state index in [1.54, 1.807) is 0 Å². The lowest BCUT2D eigenvalue weighted by Crippen LogP contribution is -2.34. The molecule has 4 nitrogen and oxygen atoms in total. The smallest absolute Gasteiger partial charge is 0.224 e. The van der Waals surface area contributed by atoms with Crippen molar-refractivity contribution in [2.75, 3.05) is 19.8 Å². The zero-order valence-electron chi connectivity index (χ0n) is 12.7. The maximum Gasteiger partial charge on any atom is 0.224 e. The number of ether oxygens (including phenoxy) is 2. The molecule has 1 amide bonds. The minimum Gasteiger partial charge on any atom is -0.356 e. The highest BCUT2D eigenvalue weighted by atomic mass is 16.7. The molecule has 4 heteroatoms. The van der Waals surface area contributed by atoms with Gasteiger partial charge in [0.25, 0.3) is 0 Å². The Hall–Kier alpha value is -0.870. The fourth-order valence-corrected chi connectivity index (χ4v) is 3.00. The van der Waals surface area contributed by atoms with E-state index in [1.165, 1.54) is 18.4 Å². The molecule has 2 rings (SSSR count). The quantitative estimate of drug-likeness (QED) is 0.762. The molecule has 20 heavy (non-hydrogen) atoms. The van der Waals surface area contributed by atoms with Crippen LogP contribution in [-0.4, -0.2) is 31.5 Å². The predicted molar refractivity (Wildman–Crippen MR) is 78.3 cm³/mol. The SMILES string of the molecule is C[C@H](CNC(=O)CC1=CCCCC1)CC1(C)OCCO1. The first-order valence-electron chi connectivity index (χ1n) is 7.80. The number of carbonyl (C=O) groups excluding carboxylic acids is 1. The van der Waals surface area contributed by atoms with Gasteiger partial charge in [-0.25, -0.2) is 0 Å². The van der Waals surface area contributed by atoms with Crippen LogP contribution in [0.1, 0.15) is 52.4 Å². The van der Waals surface area contributed by atoms with Gasteiger partial charge in [0.05, 0.1) is 13.2 Å². The number of amides is 1. The minimum absolute atomic E-state index is 0.142. The van der Waals surface area contributed by atoms with Crippen molar-refractivity contribution in [2.24, 2.45) is 5.92 Å². The first kappa shape index (κ1) is 15.5. The molecule has 1 atom stereocenters. The van der Waals surface area contributed by atoms with Crippen molar-refractivity contribution in [3.8, 4) is 0 Å². The Kier molecular flexibility index (Phi) is 5.61. The van der Waals surface area contributed by atoms with Gasteiger partial charge in [0, 0.05) is 19.4 Å². The molecule has 0 saturated carbocycles. The van der Waals surface area contributed by atoms with Crippen LogP contribution in [0.4, 0.5) is 0 Å². The first-order chi connectivity index (χ1) is 9.57. The summed E-state index contributed by atoms with van der Waals surface area (Å²) in [6.45, 7) is 6.13. The molecule has 0 aromatic rings. The molecule has 0 spiro atoms. The highest BCUT2D eigenvalue weighted by Crippen LogP contribution is 2.26. The zero-order valence-corrected chi connectivity index (χ0v) is 12.7. The highest BCUT2D eigenvalue weighted by molar-refractivity contribution is 5.78. The number of hydrogen-bond acceptors (Lipinski definition) is 3. The summed E-state index contributed by atoms with van der Waals surface area (Å²) in [5.41, 5.74) is 1.30. The van der Waals surface area contributed by atoms with Crippen LogP contribution in [0.15, 0.2) is 11.6 Å². The third-order valence-corrected chi connectivity index (χ3v) is 4.04. The molecule has 2 aliphatic rings. The number of carbonyl (C=O) groups is 1. The number of rotatable bonds is 6. The van der Waals surface area contributed by atoms with Crippen molar-refractivity contribution in [1.29, 1.82) is 0 Å². The molecule has 0 aromatic carbocycles. The molecule has 0 radical (unpaired) electrons. The fourth-order valence-electron chi connectivity index (χ4n) is 3.00. The van der Waals surface area contributed by atoms with Gasteiger partial charge in [0.2, 0.25) is 5.91 Å². The molecule has 1 saturated heterocycles. The topological polar surface area (TPSA) is 47.6 Å². The number of allylic oxidation sites excluding steroid dienone is 1. The van der Waals surface area contributed by atoms with Crippen LogP contribution < -0.4 is 5.32 Å². The summed E-state index contributed by atoms with van der Waals surface area (Å²) in [4.78, 5) is 11.9. The van der Waals surface area contributed by atoms with E-state index in [2.05, 4.69) is 18.3 Å². The minimum atomic E-state index is -0.462. The summed E-state index contributed by atoms with van der Waals surface area (Å²) in [6.07, 6.45) is 8.32. The third-order valence-electron chi connectivity index (χ3n) is 4.04. The van der Waals surface area contributed by atoms with E-state index in [-0.39, 0.29) is 5.91 Å². The van der Waals surface area contributed by atoms with Crippen LogP contribution in [-0.2, 0) is 14.3 Å². The summed E-state index contributed by atoms with van der Waals surface area (Å²) < 4.78 is 11.2. The molecule has 1 aliphatic carbocycles. The average Bonchev–Trinajstić information content (AvgIpc) is 2.84. The molecule has 1 aliphatic heterocycles. The molecule has 1 fully saturated rings. The van der Waals surface area contributed by atoms with Gasteiger partial charge in [0.15, 0.2) is 5.79 Å². The fraction of sp³-hybridized carbons (Fsp3) is 0.812. The van der Waals surface area contributed by atoms with Crippen molar-refractivity contribution in [1.82, 2.24) is 5.32 Å². The first-order valence-corrected chi connectivity index (χ1v) is 7.80. The molecular weight excluding hydrogens is 254 g/mol. The van der Waals surface area contributed by atoms with Crippen LogP contribution in [0, 0.1) is 5.92 Å². The second kappa shape index (κ2) is 7.23. The summed E-state index contributed by atoms with van der Waals surface area (Å²) in [5, 5.41) is 3.03. The molecule has 0 unspecified atom stereocenters. The Labute approximate surface area is 121 Å². The number of nitrogens with one attached hydrogen (secondary N) is 1. The van der Waals surface area contributed by atoms with E-state index in [4.69, 9.17) is 9.47 Å². The summed E-state index contributed by atoms with van der Waals surface area (Å²) in [6, 6.07) is 0. The average molecular weight is 281 g/mol. The van der Waals surface area contributed by atoms with Crippen molar-refractivity contribution >= 4 is 5.91 Å². The van der Waals surface area contributed by atoms with Crippen LogP contribution in [0.25, 0.3) is 0 Å². The van der Waals surface area contributed by atoms with Crippen LogP contribution in [0.3, 0.4) is 0 Å². The van der Waals surface area contributed by atoms with Gasteiger partial charge in [-0.3, -0.25) is 4.79 Å². The normalized spacial score (nSPS) is 23.2. The van der Waals surface area contributed by atoms with Crippen LogP contribution in [0.5, 0.6) is 0 Å². The Bertz CT molecular complexity index is 359. The Morgan fingerprint density at radius 2 is 2.15 bits per heavy atom. The summed E-state index contributed by atoms with van der Waals surface area (Å²) >= 11 is 0. The Balaban J connectivity index is 1.66. The largest absolute Gasteiger partial charge is 0.356 e. The molecule has 0 aromatic heterocycles. The summed E-state index contributed by atoms with van der Waals surface area (Å²) in [5.74, 6) is 0.0292. The van der Waals surface area contributed by atoms with Crippen molar-refractivity contribution < 1.29 is 14.3 Å². The van der Waals surface area contributed by atoms with Gasteiger partial charge < -0.3 is 14.8 Å². The second-order valence-corrected chi connectivity index (χ2v) is 6.23. The maximum absolute atomic E-state index is 11.9. The molecule has 1 heterocycles. The van der Waals surface area contributed by atoms with E-state index in [1.807, 2.05) is 6.92 Å². The van der Waals surface area contributed by atoms with Crippen molar-refractivity contribution in [3.63, 3.8) is 0 Å². The van der Waals surface area contributed by atoms with E-state index in [0.717, 1.165) is 19.3 Å². The lowest BCUT2D eigenvalue weighted by Gasteiger charge is -2.26. The van der Waals surface area contributed by atoms with E-state index in [0.29, 0.717) is 32.1 Å². The van der Waals surface area contributed by atoms with Crippen molar-refractivity contribution in [3.05, 3.63) is 11.6 Å². The third kappa shape index (κ3) is 4.91. The second-order valence-electron chi connectivity index (χ2n) is 6.23. The van der Waals surface area contributed by atoms with Crippen molar-refractivity contribution in [2.45, 2.75) is 58.2 Å². The van der Waals surface area contributed by atoms with E-state index < -0.39 is 5.79 Å². The standard InChI is InChI=1S/C16H27NO3/c1-13(11-16(2)19-8-9-20-16)12-17-15(18)10-14-6-4-3-5-7-14/h6,13H,3-5,7-12H2,1-2H3,(H,17,18)/t13-/m0/s1. The predicted octanol–water partition coefficient (Wildman–Crippen LogP) is 2.78. The van der Waals surface area contributed by atoms with Crippen LogP contribution in [0.2, 0.25) is 0 Å². The lowest BCUT2D eigenvalue weighted by atomic mass is 9.97. The molecular formula is C16H27NO3. The zero-order chi connectivity index (χ0) is 14.4. The Morgan fingerprint density at radius 1 is 1.40 bits per heavy atom.